The van der Waals surface area contributed by atoms with E-state index in [2.05, 4.69) is 15.5 Å². The predicted octanol–water partition coefficient (Wildman–Crippen LogP) is 5.94. The van der Waals surface area contributed by atoms with Crippen molar-refractivity contribution >= 4 is 45.8 Å². The van der Waals surface area contributed by atoms with Gasteiger partial charge in [-0.15, -0.1) is 15.3 Å². The van der Waals surface area contributed by atoms with Crippen LogP contribution in [0.3, 0.4) is 0 Å². The third-order valence-electron chi connectivity index (χ3n) is 4.53. The van der Waals surface area contributed by atoms with E-state index in [1.165, 1.54) is 11.3 Å². The molecule has 0 aliphatic rings. The molecule has 10 heteroatoms. The van der Waals surface area contributed by atoms with Crippen LogP contribution in [0.5, 0.6) is 0 Å². The number of hydrogen-bond acceptors (Lipinski definition) is 7. The molecule has 2 aromatic heterocycles. The second-order valence-corrected chi connectivity index (χ2v) is 11.0. The van der Waals surface area contributed by atoms with Crippen LogP contribution >= 0.6 is 34.7 Å². The second kappa shape index (κ2) is 10.1. The van der Waals surface area contributed by atoms with Gasteiger partial charge in [0.2, 0.25) is 4.96 Å². The van der Waals surface area contributed by atoms with E-state index in [-0.39, 0.29) is 0 Å². The van der Waals surface area contributed by atoms with Crippen molar-refractivity contribution in [1.82, 2.24) is 25.1 Å². The van der Waals surface area contributed by atoms with Crippen LogP contribution < -0.4 is 5.32 Å². The van der Waals surface area contributed by atoms with Crippen molar-refractivity contribution in [3.63, 3.8) is 0 Å². The summed E-state index contributed by atoms with van der Waals surface area (Å²) in [5.41, 5.74) is 1.57. The SMILES string of the molecule is CC(C)(C)OC(=O)NC(Cc1ccccc1)c1nnc2sc(SCc3cccc(Cl)c3)nn12. The predicted molar refractivity (Wildman–Crippen MR) is 132 cm³/mol. The highest BCUT2D eigenvalue weighted by atomic mass is 35.5. The van der Waals surface area contributed by atoms with Gasteiger partial charge < -0.3 is 10.1 Å². The van der Waals surface area contributed by atoms with Crippen LogP contribution in [0.15, 0.2) is 58.9 Å². The minimum atomic E-state index is -0.605. The first-order chi connectivity index (χ1) is 15.8. The lowest BCUT2D eigenvalue weighted by Crippen LogP contribution is -2.36. The molecule has 1 N–H and O–H groups in total. The van der Waals surface area contributed by atoms with Crippen LogP contribution in [-0.4, -0.2) is 31.5 Å². The van der Waals surface area contributed by atoms with Crippen molar-refractivity contribution in [3.05, 3.63) is 76.6 Å². The summed E-state index contributed by atoms with van der Waals surface area (Å²) >= 11 is 9.15. The van der Waals surface area contributed by atoms with Gasteiger partial charge in [0.15, 0.2) is 10.2 Å². The normalized spacial score (nSPS) is 12.6. The van der Waals surface area contributed by atoms with Gasteiger partial charge in [-0.05, 0) is 44.0 Å². The summed E-state index contributed by atoms with van der Waals surface area (Å²) in [6.07, 6.45) is 0.0228. The average molecular weight is 502 g/mol. The van der Waals surface area contributed by atoms with E-state index in [1.807, 2.05) is 75.4 Å². The molecule has 1 unspecified atom stereocenters. The Hall–Kier alpha value is -2.62. The van der Waals surface area contributed by atoms with Gasteiger partial charge in [-0.2, -0.15) is 4.52 Å². The monoisotopic (exact) mass is 501 g/mol. The van der Waals surface area contributed by atoms with Crippen LogP contribution in [0.2, 0.25) is 5.02 Å². The number of nitrogens with zero attached hydrogens (tertiary/aromatic N) is 4. The maximum Gasteiger partial charge on any atom is 0.408 e. The number of carbonyl (C=O) groups excluding carboxylic acids is 1. The lowest BCUT2D eigenvalue weighted by atomic mass is 10.1. The first-order valence-electron chi connectivity index (χ1n) is 10.4. The minimum Gasteiger partial charge on any atom is -0.444 e. The number of ether oxygens (including phenoxy) is 1. The molecule has 0 saturated carbocycles. The average Bonchev–Trinajstić information content (AvgIpc) is 3.32. The van der Waals surface area contributed by atoms with Gasteiger partial charge in [0, 0.05) is 17.2 Å². The summed E-state index contributed by atoms with van der Waals surface area (Å²) in [4.78, 5) is 13.2. The molecule has 0 aliphatic carbocycles. The summed E-state index contributed by atoms with van der Waals surface area (Å²) < 4.78 is 8.04. The zero-order chi connectivity index (χ0) is 23.4. The number of aromatic nitrogens is 4. The Morgan fingerprint density at radius 1 is 1.15 bits per heavy atom. The van der Waals surface area contributed by atoms with E-state index < -0.39 is 17.7 Å². The highest BCUT2D eigenvalue weighted by Gasteiger charge is 2.26. The summed E-state index contributed by atoms with van der Waals surface area (Å²) in [5, 5.41) is 17.0. The summed E-state index contributed by atoms with van der Waals surface area (Å²) in [6.45, 7) is 5.49. The fourth-order valence-electron chi connectivity index (χ4n) is 3.17. The van der Waals surface area contributed by atoms with Crippen LogP contribution in [0.1, 0.15) is 43.8 Å². The highest BCUT2D eigenvalue weighted by Crippen LogP contribution is 2.29. The van der Waals surface area contributed by atoms with Gasteiger partial charge >= 0.3 is 6.09 Å². The minimum absolute atomic E-state index is 0.454. The van der Waals surface area contributed by atoms with Gasteiger partial charge in [0.1, 0.15) is 5.60 Å². The van der Waals surface area contributed by atoms with Crippen molar-refractivity contribution in [1.29, 1.82) is 0 Å². The van der Waals surface area contributed by atoms with Gasteiger partial charge in [0.05, 0.1) is 6.04 Å². The van der Waals surface area contributed by atoms with E-state index in [4.69, 9.17) is 21.4 Å². The van der Waals surface area contributed by atoms with Crippen LogP contribution in [0, 0.1) is 0 Å². The van der Waals surface area contributed by atoms with Crippen molar-refractivity contribution in [2.45, 2.75) is 48.9 Å². The number of nitrogens with one attached hydrogen (secondary N) is 1. The quantitative estimate of drug-likeness (QED) is 0.315. The Bertz CT molecular complexity index is 1240. The van der Waals surface area contributed by atoms with E-state index in [0.29, 0.717) is 22.2 Å². The number of halogens is 1. The lowest BCUT2D eigenvalue weighted by molar-refractivity contribution is 0.0500. The molecule has 1 atom stereocenters. The zero-order valence-electron chi connectivity index (χ0n) is 18.5. The lowest BCUT2D eigenvalue weighted by Gasteiger charge is -2.22. The molecule has 1 amide bonds. The smallest absolute Gasteiger partial charge is 0.408 e. The van der Waals surface area contributed by atoms with Gasteiger partial charge in [-0.25, -0.2) is 4.79 Å². The first kappa shape index (κ1) is 23.5. The molecule has 0 aliphatic heterocycles. The number of hydrogen-bond donors (Lipinski definition) is 1. The fraction of sp³-hybridized carbons (Fsp3) is 0.304. The Morgan fingerprint density at radius 3 is 2.64 bits per heavy atom. The summed E-state index contributed by atoms with van der Waals surface area (Å²) in [7, 11) is 0. The van der Waals surface area contributed by atoms with Crippen molar-refractivity contribution in [2.75, 3.05) is 0 Å². The third-order valence-corrected chi connectivity index (χ3v) is 6.87. The van der Waals surface area contributed by atoms with Crippen LogP contribution in [-0.2, 0) is 16.9 Å². The maximum atomic E-state index is 12.6. The topological polar surface area (TPSA) is 81.4 Å². The summed E-state index contributed by atoms with van der Waals surface area (Å²) in [5.74, 6) is 1.30. The molecule has 0 saturated heterocycles. The number of fused-ring (bicyclic) bond motifs is 1. The molecule has 0 fully saturated rings. The Kier molecular flexibility index (Phi) is 7.21. The largest absolute Gasteiger partial charge is 0.444 e. The van der Waals surface area contributed by atoms with E-state index in [1.54, 1.807) is 16.3 Å². The molecule has 33 heavy (non-hydrogen) atoms. The van der Waals surface area contributed by atoms with Gasteiger partial charge in [0.25, 0.3) is 0 Å². The molecule has 4 aromatic rings. The molecule has 4 rings (SSSR count). The Labute approximate surface area is 205 Å². The maximum absolute atomic E-state index is 12.6. The van der Waals surface area contributed by atoms with E-state index in [9.17, 15) is 4.79 Å². The van der Waals surface area contributed by atoms with Crippen molar-refractivity contribution in [3.8, 4) is 0 Å². The molecule has 0 radical (unpaired) electrons. The van der Waals surface area contributed by atoms with Crippen LogP contribution in [0.4, 0.5) is 4.79 Å². The van der Waals surface area contributed by atoms with E-state index >= 15 is 0 Å². The Morgan fingerprint density at radius 2 is 1.91 bits per heavy atom. The Balaban J connectivity index is 1.56. The molecular weight excluding hydrogens is 478 g/mol. The number of benzene rings is 2. The number of carbonyl (C=O) groups is 1. The number of rotatable bonds is 7. The number of alkyl carbamates (subject to hydrolysis) is 1. The highest BCUT2D eigenvalue weighted by molar-refractivity contribution is 8.00. The fourth-order valence-corrected chi connectivity index (χ4v) is 5.21. The molecule has 7 nitrogen and oxygen atoms in total. The molecular formula is C23H24ClN5O2S2. The van der Waals surface area contributed by atoms with Crippen molar-refractivity contribution < 1.29 is 9.53 Å². The molecule has 0 spiro atoms. The van der Waals surface area contributed by atoms with Crippen LogP contribution in [0.25, 0.3) is 4.96 Å². The standard InChI is InChI=1S/C23H24ClN5O2S2/c1-23(2,3)31-21(30)25-18(13-15-8-5-4-6-9-15)19-26-27-20-29(19)28-22(33-20)32-14-16-10-7-11-17(24)12-16/h4-12,18H,13-14H2,1-3H3,(H,25,30). The molecule has 2 heterocycles. The second-order valence-electron chi connectivity index (χ2n) is 8.43. The zero-order valence-corrected chi connectivity index (χ0v) is 20.9. The number of amides is 1. The van der Waals surface area contributed by atoms with Gasteiger partial charge in [-0.3, -0.25) is 0 Å². The van der Waals surface area contributed by atoms with E-state index in [0.717, 1.165) is 21.2 Å². The molecule has 172 valence electrons. The summed E-state index contributed by atoms with van der Waals surface area (Å²) in [6, 6.07) is 17.2. The van der Waals surface area contributed by atoms with Crippen molar-refractivity contribution in [2.24, 2.45) is 0 Å². The first-order valence-corrected chi connectivity index (χ1v) is 12.6. The third kappa shape index (κ3) is 6.46. The molecule has 2 aromatic carbocycles. The van der Waals surface area contributed by atoms with Gasteiger partial charge in [-0.1, -0.05) is 77.2 Å². The molecule has 0 bridgehead atoms. The number of thioether (sulfide) groups is 1.